The average Bonchev–Trinajstić information content (AvgIpc) is 2.49. The highest BCUT2D eigenvalue weighted by Gasteiger charge is 2.04. The Bertz CT molecular complexity index is 412. The van der Waals surface area contributed by atoms with E-state index >= 15 is 0 Å². The fraction of sp³-hybridized carbons (Fsp3) is 0.143. The molecule has 0 saturated heterocycles. The number of ether oxygens (including phenoxy) is 1. The third kappa shape index (κ3) is 1.06. The summed E-state index contributed by atoms with van der Waals surface area (Å²) in [5.41, 5.74) is 1.70. The number of pyridine rings is 1. The van der Waals surface area contributed by atoms with Gasteiger partial charge in [-0.2, -0.15) is 4.98 Å². The van der Waals surface area contributed by atoms with Crippen LogP contribution in [0.25, 0.3) is 11.0 Å². The zero-order chi connectivity index (χ0) is 8.55. The second kappa shape index (κ2) is 2.75. The number of nitrogens with one attached hydrogen (secondary N) is 1. The normalized spacial score (nSPS) is 10.5. The summed E-state index contributed by atoms with van der Waals surface area (Å²) in [7, 11) is 1.57. The summed E-state index contributed by atoms with van der Waals surface area (Å²) in [5.74, 6) is 0. The van der Waals surface area contributed by atoms with Crippen LogP contribution >= 0.6 is 15.9 Å². The molecule has 5 heteroatoms. The van der Waals surface area contributed by atoms with E-state index in [1.807, 2.05) is 0 Å². The minimum absolute atomic E-state index is 0.499. The van der Waals surface area contributed by atoms with Crippen LogP contribution in [0, 0.1) is 0 Å². The van der Waals surface area contributed by atoms with E-state index in [9.17, 15) is 0 Å². The molecule has 0 amide bonds. The highest BCUT2D eigenvalue weighted by Crippen LogP contribution is 2.22. The Morgan fingerprint density at radius 1 is 1.50 bits per heavy atom. The Hall–Kier alpha value is -1.10. The van der Waals surface area contributed by atoms with Crippen LogP contribution in [0.2, 0.25) is 0 Å². The highest BCUT2D eigenvalue weighted by molar-refractivity contribution is 9.10. The Balaban J connectivity index is 2.74. The van der Waals surface area contributed by atoms with Crippen molar-refractivity contribution in [2.24, 2.45) is 0 Å². The van der Waals surface area contributed by atoms with Gasteiger partial charge in [0.05, 0.1) is 23.3 Å². The molecule has 2 aromatic rings. The second-order valence-corrected chi connectivity index (χ2v) is 3.12. The second-order valence-electron chi connectivity index (χ2n) is 2.26. The van der Waals surface area contributed by atoms with E-state index in [0.717, 1.165) is 15.5 Å². The summed E-state index contributed by atoms with van der Waals surface area (Å²) in [5, 5.41) is 0. The molecule has 0 bridgehead atoms. The van der Waals surface area contributed by atoms with Crippen molar-refractivity contribution in [1.82, 2.24) is 15.0 Å². The average molecular weight is 228 g/mol. The molecular weight excluding hydrogens is 222 g/mol. The third-order valence-corrected chi connectivity index (χ3v) is 2.10. The van der Waals surface area contributed by atoms with Crippen LogP contribution in [-0.4, -0.2) is 22.1 Å². The van der Waals surface area contributed by atoms with Crippen molar-refractivity contribution in [1.29, 1.82) is 0 Å². The van der Waals surface area contributed by atoms with E-state index in [4.69, 9.17) is 4.74 Å². The lowest BCUT2D eigenvalue weighted by molar-refractivity contribution is 0.386. The van der Waals surface area contributed by atoms with E-state index in [1.165, 1.54) is 0 Å². The molecule has 2 heterocycles. The van der Waals surface area contributed by atoms with Gasteiger partial charge in [0.25, 0.3) is 6.01 Å². The van der Waals surface area contributed by atoms with Gasteiger partial charge >= 0.3 is 0 Å². The Labute approximate surface area is 77.1 Å². The number of aromatic nitrogens is 3. The molecule has 0 aliphatic carbocycles. The molecule has 0 spiro atoms. The number of nitrogens with zero attached hydrogens (tertiary/aromatic N) is 2. The van der Waals surface area contributed by atoms with Crippen LogP contribution in [-0.2, 0) is 0 Å². The van der Waals surface area contributed by atoms with Crippen LogP contribution < -0.4 is 4.74 Å². The molecule has 2 aromatic heterocycles. The van der Waals surface area contributed by atoms with E-state index in [1.54, 1.807) is 19.5 Å². The molecule has 0 unspecified atom stereocenters. The zero-order valence-electron chi connectivity index (χ0n) is 6.34. The fourth-order valence-electron chi connectivity index (χ4n) is 0.975. The van der Waals surface area contributed by atoms with Gasteiger partial charge in [0, 0.05) is 6.20 Å². The molecule has 62 valence electrons. The minimum atomic E-state index is 0.499. The maximum atomic E-state index is 4.94. The molecule has 0 aromatic carbocycles. The molecule has 0 atom stereocenters. The number of rotatable bonds is 1. The van der Waals surface area contributed by atoms with Gasteiger partial charge in [-0.3, -0.25) is 4.98 Å². The number of halogens is 1. The quantitative estimate of drug-likeness (QED) is 0.808. The summed E-state index contributed by atoms with van der Waals surface area (Å²) < 4.78 is 5.80. The number of fused-ring (bicyclic) bond motifs is 1. The van der Waals surface area contributed by atoms with E-state index < -0.39 is 0 Å². The molecule has 0 aliphatic rings. The summed E-state index contributed by atoms with van der Waals surface area (Å²) in [6.07, 6.45) is 3.40. The van der Waals surface area contributed by atoms with Gasteiger partial charge < -0.3 is 9.72 Å². The standard InChI is InChI=1S/C7H6BrN3O/c1-12-7-10-5-3-9-2-4(8)6(5)11-7/h2-3H,1H3,(H,10,11). The number of hydrogen-bond acceptors (Lipinski definition) is 3. The van der Waals surface area contributed by atoms with Gasteiger partial charge in [0.15, 0.2) is 0 Å². The van der Waals surface area contributed by atoms with E-state index in [-0.39, 0.29) is 0 Å². The van der Waals surface area contributed by atoms with Crippen molar-refractivity contribution < 1.29 is 4.74 Å². The van der Waals surface area contributed by atoms with Crippen molar-refractivity contribution in [2.75, 3.05) is 7.11 Å². The van der Waals surface area contributed by atoms with E-state index in [0.29, 0.717) is 6.01 Å². The fourth-order valence-corrected chi connectivity index (χ4v) is 1.40. The molecule has 4 nitrogen and oxygen atoms in total. The van der Waals surface area contributed by atoms with Gasteiger partial charge in [-0.15, -0.1) is 0 Å². The largest absolute Gasteiger partial charge is 0.468 e. The third-order valence-electron chi connectivity index (χ3n) is 1.52. The van der Waals surface area contributed by atoms with Crippen LogP contribution in [0.3, 0.4) is 0 Å². The van der Waals surface area contributed by atoms with Gasteiger partial charge in [0.1, 0.15) is 5.52 Å². The minimum Gasteiger partial charge on any atom is -0.468 e. The smallest absolute Gasteiger partial charge is 0.294 e. The van der Waals surface area contributed by atoms with Crippen LogP contribution in [0.1, 0.15) is 0 Å². The lowest BCUT2D eigenvalue weighted by Crippen LogP contribution is -1.82. The summed E-state index contributed by atoms with van der Waals surface area (Å²) >= 11 is 3.34. The van der Waals surface area contributed by atoms with Crippen molar-refractivity contribution in [3.05, 3.63) is 16.9 Å². The van der Waals surface area contributed by atoms with Crippen molar-refractivity contribution >= 4 is 27.0 Å². The van der Waals surface area contributed by atoms with E-state index in [2.05, 4.69) is 30.9 Å². The molecule has 0 radical (unpaired) electrons. The maximum Gasteiger partial charge on any atom is 0.294 e. The van der Waals surface area contributed by atoms with Crippen LogP contribution in [0.15, 0.2) is 16.9 Å². The zero-order valence-corrected chi connectivity index (χ0v) is 7.92. The van der Waals surface area contributed by atoms with Gasteiger partial charge in [-0.05, 0) is 15.9 Å². The SMILES string of the molecule is COc1nc2c(Br)cncc2[nH]1. The van der Waals surface area contributed by atoms with Crippen LogP contribution in [0.4, 0.5) is 0 Å². The number of H-pyrrole nitrogens is 1. The molecule has 0 fully saturated rings. The summed E-state index contributed by atoms with van der Waals surface area (Å²) in [6, 6.07) is 0.499. The molecule has 1 N–H and O–H groups in total. The first-order valence-electron chi connectivity index (χ1n) is 3.34. The number of aromatic amines is 1. The summed E-state index contributed by atoms with van der Waals surface area (Å²) in [6.45, 7) is 0. The molecule has 2 rings (SSSR count). The lowest BCUT2D eigenvalue weighted by Gasteiger charge is -1.87. The van der Waals surface area contributed by atoms with Crippen LogP contribution in [0.5, 0.6) is 6.01 Å². The number of methoxy groups -OCH3 is 1. The topological polar surface area (TPSA) is 50.8 Å². The summed E-state index contributed by atoms with van der Waals surface area (Å²) in [4.78, 5) is 11.1. The van der Waals surface area contributed by atoms with Gasteiger partial charge in [-0.1, -0.05) is 0 Å². The van der Waals surface area contributed by atoms with Crippen molar-refractivity contribution in [3.63, 3.8) is 0 Å². The molecule has 0 aliphatic heterocycles. The number of hydrogen-bond donors (Lipinski definition) is 1. The number of imidazole rings is 1. The Kier molecular flexibility index (Phi) is 1.73. The van der Waals surface area contributed by atoms with Crippen molar-refractivity contribution in [2.45, 2.75) is 0 Å². The monoisotopic (exact) mass is 227 g/mol. The predicted octanol–water partition coefficient (Wildman–Crippen LogP) is 1.73. The van der Waals surface area contributed by atoms with Gasteiger partial charge in [-0.25, -0.2) is 0 Å². The lowest BCUT2D eigenvalue weighted by atomic mass is 10.4. The molecule has 0 saturated carbocycles. The predicted molar refractivity (Wildman–Crippen MR) is 48.1 cm³/mol. The first-order chi connectivity index (χ1) is 5.81. The first-order valence-corrected chi connectivity index (χ1v) is 4.14. The Morgan fingerprint density at radius 2 is 2.33 bits per heavy atom. The van der Waals surface area contributed by atoms with Gasteiger partial charge in [0.2, 0.25) is 0 Å². The maximum absolute atomic E-state index is 4.94. The molecule has 12 heavy (non-hydrogen) atoms. The highest BCUT2D eigenvalue weighted by atomic mass is 79.9. The Morgan fingerprint density at radius 3 is 3.00 bits per heavy atom. The van der Waals surface area contributed by atoms with Crippen molar-refractivity contribution in [3.8, 4) is 6.01 Å². The first kappa shape index (κ1) is 7.54. The molecular formula is C7H6BrN3O.